The predicted octanol–water partition coefficient (Wildman–Crippen LogP) is 2.89. The molecule has 28 heavy (non-hydrogen) atoms. The maximum Gasteiger partial charge on any atom is 0.277 e. The van der Waals surface area contributed by atoms with Crippen molar-refractivity contribution in [3.8, 4) is 0 Å². The molecule has 0 spiro atoms. The van der Waals surface area contributed by atoms with E-state index in [1.807, 2.05) is 0 Å². The molecule has 142 valence electrons. The number of aliphatic hydroxyl groups is 1. The van der Waals surface area contributed by atoms with E-state index in [1.54, 1.807) is 17.5 Å². The van der Waals surface area contributed by atoms with Crippen LogP contribution in [-0.2, 0) is 10.0 Å². The van der Waals surface area contributed by atoms with Gasteiger partial charge in [-0.25, -0.2) is 3.97 Å². The standard InChI is InChI=1S/C16H10ClN5O4S2/c17-9-3-4-12-10(6-9)11(13(23)7-14(24)16-18-20-21-19-16)8-22(12)28(25,26)15-2-1-5-27-15/h1-8,23H,(H,18,19,20,21)/b13-7-. The second-order valence-corrected chi connectivity index (χ2v) is 8.99. The van der Waals surface area contributed by atoms with Crippen LogP contribution in [0.4, 0.5) is 0 Å². The third kappa shape index (κ3) is 3.09. The Morgan fingerprint density at radius 1 is 1.32 bits per heavy atom. The Morgan fingerprint density at radius 3 is 2.82 bits per heavy atom. The number of halogens is 1. The Labute approximate surface area is 166 Å². The summed E-state index contributed by atoms with van der Waals surface area (Å²) < 4.78 is 27.1. The van der Waals surface area contributed by atoms with E-state index in [0.29, 0.717) is 15.9 Å². The molecule has 1 aromatic carbocycles. The van der Waals surface area contributed by atoms with Gasteiger partial charge in [-0.1, -0.05) is 17.7 Å². The van der Waals surface area contributed by atoms with Gasteiger partial charge in [0.15, 0.2) is 0 Å². The highest BCUT2D eigenvalue weighted by molar-refractivity contribution is 7.92. The number of nitrogens with one attached hydrogen (secondary N) is 1. The van der Waals surface area contributed by atoms with E-state index < -0.39 is 21.6 Å². The van der Waals surface area contributed by atoms with Gasteiger partial charge < -0.3 is 5.11 Å². The minimum absolute atomic E-state index is 0.120. The molecule has 3 heterocycles. The van der Waals surface area contributed by atoms with Crippen molar-refractivity contribution in [1.29, 1.82) is 0 Å². The Bertz CT molecular complexity index is 1310. The molecule has 0 aliphatic heterocycles. The fourth-order valence-electron chi connectivity index (χ4n) is 2.62. The van der Waals surface area contributed by atoms with Crippen molar-refractivity contribution >= 4 is 55.4 Å². The number of rotatable bonds is 5. The third-order valence-electron chi connectivity index (χ3n) is 3.85. The second-order valence-electron chi connectivity index (χ2n) is 5.57. The number of benzene rings is 1. The van der Waals surface area contributed by atoms with Crippen LogP contribution in [0.2, 0.25) is 5.02 Å². The highest BCUT2D eigenvalue weighted by Crippen LogP contribution is 2.32. The van der Waals surface area contributed by atoms with Gasteiger partial charge in [-0.15, -0.1) is 21.5 Å². The Balaban J connectivity index is 1.90. The van der Waals surface area contributed by atoms with Crippen molar-refractivity contribution in [2.24, 2.45) is 0 Å². The average Bonchev–Trinajstić information content (AvgIpc) is 3.40. The molecular formula is C16H10ClN5O4S2. The molecule has 0 radical (unpaired) electrons. The molecule has 0 fully saturated rings. The first-order chi connectivity index (χ1) is 13.4. The number of hydrogen-bond acceptors (Lipinski definition) is 8. The average molecular weight is 436 g/mol. The van der Waals surface area contributed by atoms with Crippen molar-refractivity contribution in [1.82, 2.24) is 24.6 Å². The number of nitrogens with zero attached hydrogens (tertiary/aromatic N) is 4. The zero-order chi connectivity index (χ0) is 19.9. The number of ketones is 1. The summed E-state index contributed by atoms with van der Waals surface area (Å²) in [6, 6.07) is 7.69. The first kappa shape index (κ1) is 18.3. The lowest BCUT2D eigenvalue weighted by molar-refractivity contribution is 0.103. The van der Waals surface area contributed by atoms with E-state index in [2.05, 4.69) is 20.6 Å². The molecule has 0 aliphatic rings. The summed E-state index contributed by atoms with van der Waals surface area (Å²) in [7, 11) is -3.89. The van der Waals surface area contributed by atoms with E-state index >= 15 is 0 Å². The molecule has 4 rings (SSSR count). The number of aromatic amines is 1. The number of thiophene rings is 1. The Morgan fingerprint density at radius 2 is 2.14 bits per heavy atom. The molecule has 9 nitrogen and oxygen atoms in total. The van der Waals surface area contributed by atoms with E-state index in [0.717, 1.165) is 21.4 Å². The van der Waals surface area contributed by atoms with Gasteiger partial charge >= 0.3 is 0 Å². The van der Waals surface area contributed by atoms with E-state index in [1.165, 1.54) is 24.4 Å². The quantitative estimate of drug-likeness (QED) is 0.280. The minimum atomic E-state index is -3.89. The van der Waals surface area contributed by atoms with Gasteiger partial charge in [-0.05, 0) is 34.9 Å². The molecule has 3 aromatic heterocycles. The molecule has 12 heteroatoms. The SMILES string of the molecule is O=C(/C=C(\O)c1cn(S(=O)(=O)c2cccs2)c2ccc(Cl)cc12)c1nn[nH]n1. The predicted molar refractivity (Wildman–Crippen MR) is 103 cm³/mol. The maximum atomic E-state index is 13.0. The zero-order valence-electron chi connectivity index (χ0n) is 13.8. The molecule has 2 N–H and O–H groups in total. The molecule has 4 aromatic rings. The van der Waals surface area contributed by atoms with Crippen molar-refractivity contribution in [2.45, 2.75) is 4.21 Å². The zero-order valence-corrected chi connectivity index (χ0v) is 16.2. The summed E-state index contributed by atoms with van der Waals surface area (Å²) in [6.07, 6.45) is 2.13. The normalized spacial score (nSPS) is 12.5. The number of aromatic nitrogens is 5. The fourth-order valence-corrected chi connectivity index (χ4v) is 5.24. The molecule has 0 atom stereocenters. The number of tetrazole rings is 1. The number of fused-ring (bicyclic) bond motifs is 1. The highest BCUT2D eigenvalue weighted by atomic mass is 35.5. The van der Waals surface area contributed by atoms with Crippen LogP contribution in [-0.4, -0.2) is 43.9 Å². The number of H-pyrrole nitrogens is 1. The number of hydrogen-bond donors (Lipinski definition) is 2. The van der Waals surface area contributed by atoms with Crippen LogP contribution >= 0.6 is 22.9 Å². The van der Waals surface area contributed by atoms with Crippen LogP contribution in [0.15, 0.2) is 52.2 Å². The highest BCUT2D eigenvalue weighted by Gasteiger charge is 2.24. The van der Waals surface area contributed by atoms with Gasteiger partial charge in [0.25, 0.3) is 10.0 Å². The molecule has 0 saturated carbocycles. The van der Waals surface area contributed by atoms with Crippen molar-refractivity contribution in [2.75, 3.05) is 0 Å². The molecular weight excluding hydrogens is 426 g/mol. The fraction of sp³-hybridized carbons (Fsp3) is 0. The van der Waals surface area contributed by atoms with Crippen LogP contribution in [0.5, 0.6) is 0 Å². The van der Waals surface area contributed by atoms with E-state index in [4.69, 9.17) is 11.6 Å². The lowest BCUT2D eigenvalue weighted by atomic mass is 10.1. The number of carbonyl (C=O) groups is 1. The maximum absolute atomic E-state index is 13.0. The molecule has 0 aliphatic carbocycles. The largest absolute Gasteiger partial charge is 0.507 e. The van der Waals surface area contributed by atoms with Crippen LogP contribution in [0.25, 0.3) is 16.7 Å². The topological polar surface area (TPSA) is 131 Å². The van der Waals surface area contributed by atoms with Crippen LogP contribution in [0.1, 0.15) is 16.2 Å². The van der Waals surface area contributed by atoms with Gasteiger partial charge in [-0.2, -0.15) is 13.6 Å². The summed E-state index contributed by atoms with van der Waals surface area (Å²) in [4.78, 5) is 12.1. The molecule has 0 bridgehead atoms. The van der Waals surface area contributed by atoms with E-state index in [-0.39, 0.29) is 15.6 Å². The summed E-state index contributed by atoms with van der Waals surface area (Å²) in [5, 5.41) is 25.4. The van der Waals surface area contributed by atoms with Crippen LogP contribution in [0.3, 0.4) is 0 Å². The van der Waals surface area contributed by atoms with Gasteiger partial charge in [0, 0.05) is 28.2 Å². The number of allylic oxidation sites excluding steroid dienone is 1. The lowest BCUT2D eigenvalue weighted by Gasteiger charge is -2.05. The monoisotopic (exact) mass is 435 g/mol. The van der Waals surface area contributed by atoms with Gasteiger partial charge in [0.1, 0.15) is 9.97 Å². The summed E-state index contributed by atoms with van der Waals surface area (Å²) in [5.41, 5.74) is 0.425. The van der Waals surface area contributed by atoms with Crippen LogP contribution in [0, 0.1) is 0 Å². The second kappa shape index (κ2) is 6.86. The Hall–Kier alpha value is -3.02. The third-order valence-corrected chi connectivity index (χ3v) is 7.13. The molecule has 0 unspecified atom stereocenters. The van der Waals surface area contributed by atoms with Crippen molar-refractivity contribution in [3.63, 3.8) is 0 Å². The number of aliphatic hydroxyl groups excluding tert-OH is 1. The smallest absolute Gasteiger partial charge is 0.277 e. The van der Waals surface area contributed by atoms with Gasteiger partial charge in [0.2, 0.25) is 11.6 Å². The van der Waals surface area contributed by atoms with Crippen molar-refractivity contribution < 1.29 is 18.3 Å². The van der Waals surface area contributed by atoms with Crippen molar-refractivity contribution in [3.05, 3.63) is 64.4 Å². The van der Waals surface area contributed by atoms with E-state index in [9.17, 15) is 18.3 Å². The van der Waals surface area contributed by atoms with Gasteiger partial charge in [0.05, 0.1) is 5.52 Å². The summed E-state index contributed by atoms with van der Waals surface area (Å²) in [6.45, 7) is 0. The minimum Gasteiger partial charge on any atom is -0.507 e. The summed E-state index contributed by atoms with van der Waals surface area (Å²) in [5.74, 6) is -1.39. The lowest BCUT2D eigenvalue weighted by Crippen LogP contribution is -2.10. The molecule has 0 saturated heterocycles. The number of carbonyl (C=O) groups excluding carboxylic acids is 1. The van der Waals surface area contributed by atoms with Gasteiger partial charge in [-0.3, -0.25) is 4.79 Å². The first-order valence-corrected chi connectivity index (χ1v) is 10.4. The molecule has 0 amide bonds. The van der Waals surface area contributed by atoms with Crippen LogP contribution < -0.4 is 0 Å². The Kier molecular flexibility index (Phi) is 4.49. The first-order valence-electron chi connectivity index (χ1n) is 7.66. The summed E-state index contributed by atoms with van der Waals surface area (Å²) >= 11 is 7.12.